The number of morpholine rings is 1. The van der Waals surface area contributed by atoms with Crippen molar-refractivity contribution >= 4 is 11.9 Å². The van der Waals surface area contributed by atoms with Crippen molar-refractivity contribution in [1.29, 1.82) is 0 Å². The Balaban J connectivity index is 1.40. The molecule has 3 fully saturated rings. The van der Waals surface area contributed by atoms with Crippen LogP contribution in [0.25, 0.3) is 0 Å². The Morgan fingerprint density at radius 1 is 1.29 bits per heavy atom. The minimum Gasteiger partial charge on any atom is -0.475 e. The number of nitrogens with zero attached hydrogens (tertiary/aromatic N) is 2. The molecule has 0 spiro atoms. The van der Waals surface area contributed by atoms with Crippen molar-refractivity contribution in [3.05, 3.63) is 23.9 Å². The molecule has 0 radical (unpaired) electrons. The van der Waals surface area contributed by atoms with Gasteiger partial charge in [0.25, 0.3) is 5.91 Å². The summed E-state index contributed by atoms with van der Waals surface area (Å²) in [5.74, 6) is -0.525. The van der Waals surface area contributed by atoms with Crippen molar-refractivity contribution in [2.45, 2.75) is 51.5 Å². The second-order valence-electron chi connectivity index (χ2n) is 9.11. The van der Waals surface area contributed by atoms with Crippen molar-refractivity contribution < 1.29 is 37.0 Å². The first-order valence-corrected chi connectivity index (χ1v) is 10.2. The van der Waals surface area contributed by atoms with Gasteiger partial charge in [-0.05, 0) is 25.8 Å². The minimum absolute atomic E-state index is 0.0238. The zero-order valence-corrected chi connectivity index (χ0v) is 17.6. The fourth-order valence-electron chi connectivity index (χ4n) is 4.79. The van der Waals surface area contributed by atoms with Gasteiger partial charge in [0.2, 0.25) is 5.88 Å². The zero-order valence-electron chi connectivity index (χ0n) is 17.6. The highest BCUT2D eigenvalue weighted by atomic mass is 19.4. The zero-order chi connectivity index (χ0) is 22.7. The largest absolute Gasteiger partial charge is 0.475 e. The number of aromatic nitrogens is 1. The molecule has 1 amide bonds. The molecule has 170 valence electrons. The molecule has 7 nitrogen and oxygen atoms in total. The molecule has 3 aliphatic rings. The molecule has 3 atom stereocenters. The van der Waals surface area contributed by atoms with Crippen molar-refractivity contribution in [3.63, 3.8) is 0 Å². The molecule has 3 unspecified atom stereocenters. The number of halogens is 3. The second-order valence-corrected chi connectivity index (χ2v) is 9.11. The van der Waals surface area contributed by atoms with E-state index in [1.54, 1.807) is 4.90 Å². The van der Waals surface area contributed by atoms with Gasteiger partial charge in [0.05, 0.1) is 24.1 Å². The number of esters is 1. The van der Waals surface area contributed by atoms with Crippen LogP contribution < -0.4 is 4.74 Å². The van der Waals surface area contributed by atoms with Gasteiger partial charge in [-0.2, -0.15) is 13.2 Å². The smallest absolute Gasteiger partial charge is 0.417 e. The predicted octanol–water partition coefficient (Wildman–Crippen LogP) is 2.83. The van der Waals surface area contributed by atoms with Crippen LogP contribution >= 0.6 is 0 Å². The number of rotatable bonds is 4. The van der Waals surface area contributed by atoms with Gasteiger partial charge in [-0.25, -0.2) is 4.98 Å². The molecular formula is C21H25F3N2O5. The van der Waals surface area contributed by atoms with Gasteiger partial charge in [0, 0.05) is 24.2 Å². The van der Waals surface area contributed by atoms with Gasteiger partial charge in [-0.1, -0.05) is 13.8 Å². The maximum absolute atomic E-state index is 13.5. The van der Waals surface area contributed by atoms with Crippen LogP contribution in [-0.4, -0.2) is 59.8 Å². The summed E-state index contributed by atoms with van der Waals surface area (Å²) in [4.78, 5) is 31.2. The van der Waals surface area contributed by atoms with E-state index in [4.69, 9.17) is 14.2 Å². The summed E-state index contributed by atoms with van der Waals surface area (Å²) in [5.41, 5.74) is -3.37. The fraction of sp³-hybridized carbons (Fsp3) is 0.667. The maximum atomic E-state index is 13.5. The summed E-state index contributed by atoms with van der Waals surface area (Å²) >= 11 is 0. The number of ether oxygens (including phenoxy) is 3. The summed E-state index contributed by atoms with van der Waals surface area (Å²) in [6, 6.07) is 2.04. The van der Waals surface area contributed by atoms with Crippen LogP contribution in [0, 0.1) is 10.8 Å². The Labute approximate surface area is 177 Å². The lowest BCUT2D eigenvalue weighted by atomic mass is 9.66. The van der Waals surface area contributed by atoms with Gasteiger partial charge in [-0.15, -0.1) is 0 Å². The Bertz CT molecular complexity index is 888. The molecule has 4 rings (SSSR count). The number of amides is 1. The fourth-order valence-corrected chi connectivity index (χ4v) is 4.79. The number of hydrogen-bond donors (Lipinski definition) is 0. The third-order valence-electron chi connectivity index (χ3n) is 7.34. The molecule has 1 saturated carbocycles. The van der Waals surface area contributed by atoms with Crippen LogP contribution in [-0.2, 0) is 25.2 Å². The average molecular weight is 442 g/mol. The minimum atomic E-state index is -4.47. The second kappa shape index (κ2) is 7.08. The lowest BCUT2D eigenvalue weighted by molar-refractivity contribution is -0.178. The summed E-state index contributed by atoms with van der Waals surface area (Å²) in [6.07, 6.45) is -3.16. The molecule has 1 aromatic heterocycles. The highest BCUT2D eigenvalue weighted by Crippen LogP contribution is 2.66. The highest BCUT2D eigenvalue weighted by molar-refractivity contribution is 5.96. The molecule has 0 N–H and O–H groups in total. The number of hydrogen-bond acceptors (Lipinski definition) is 6. The van der Waals surface area contributed by atoms with Crippen molar-refractivity contribution in [3.8, 4) is 5.88 Å². The lowest BCUT2D eigenvalue weighted by Gasteiger charge is -2.41. The Morgan fingerprint density at radius 2 is 2.03 bits per heavy atom. The van der Waals surface area contributed by atoms with Gasteiger partial charge in [0.1, 0.15) is 12.7 Å². The van der Waals surface area contributed by atoms with Crippen molar-refractivity contribution in [2.24, 2.45) is 10.8 Å². The molecule has 2 bridgehead atoms. The first-order chi connectivity index (χ1) is 14.4. The van der Waals surface area contributed by atoms with Gasteiger partial charge in [-0.3, -0.25) is 9.59 Å². The van der Waals surface area contributed by atoms with E-state index in [2.05, 4.69) is 4.98 Å². The van der Waals surface area contributed by atoms with E-state index in [-0.39, 0.29) is 37.5 Å². The van der Waals surface area contributed by atoms with Crippen LogP contribution in [0.1, 0.15) is 39.2 Å². The third kappa shape index (κ3) is 3.26. The number of pyridine rings is 1. The number of carbonyl (C=O) groups is 2. The van der Waals surface area contributed by atoms with E-state index in [1.165, 1.54) is 0 Å². The first-order valence-electron chi connectivity index (χ1n) is 10.2. The topological polar surface area (TPSA) is 78.0 Å². The van der Waals surface area contributed by atoms with E-state index in [0.29, 0.717) is 25.6 Å². The van der Waals surface area contributed by atoms with Crippen LogP contribution in [0.2, 0.25) is 0 Å². The van der Waals surface area contributed by atoms with Gasteiger partial charge in [0.15, 0.2) is 5.60 Å². The van der Waals surface area contributed by atoms with Crippen LogP contribution in [0.15, 0.2) is 18.3 Å². The lowest BCUT2D eigenvalue weighted by Crippen LogP contribution is -2.59. The SMILES string of the molecule is CC12CCC(C(=O)N3CCOC(COc4ccc(C(F)(F)F)cn4)C3)(OC1=O)C2(C)C. The van der Waals surface area contributed by atoms with E-state index in [9.17, 15) is 22.8 Å². The normalized spacial score (nSPS) is 32.1. The Kier molecular flexibility index (Phi) is 4.99. The van der Waals surface area contributed by atoms with Crippen LogP contribution in [0.3, 0.4) is 0 Å². The molecule has 1 aromatic rings. The third-order valence-corrected chi connectivity index (χ3v) is 7.34. The average Bonchev–Trinajstić information content (AvgIpc) is 3.02. The van der Waals surface area contributed by atoms with Gasteiger partial charge < -0.3 is 19.1 Å². The van der Waals surface area contributed by atoms with Crippen molar-refractivity contribution in [2.75, 3.05) is 26.3 Å². The summed E-state index contributed by atoms with van der Waals surface area (Å²) in [5, 5.41) is 0. The van der Waals surface area contributed by atoms with Crippen LogP contribution in [0.5, 0.6) is 5.88 Å². The monoisotopic (exact) mass is 442 g/mol. The van der Waals surface area contributed by atoms with E-state index in [0.717, 1.165) is 12.1 Å². The van der Waals surface area contributed by atoms with E-state index in [1.807, 2.05) is 20.8 Å². The van der Waals surface area contributed by atoms with Crippen molar-refractivity contribution in [1.82, 2.24) is 9.88 Å². The summed E-state index contributed by atoms with van der Waals surface area (Å²) in [6.45, 7) is 6.55. The highest BCUT2D eigenvalue weighted by Gasteiger charge is 2.76. The summed E-state index contributed by atoms with van der Waals surface area (Å²) in [7, 11) is 0. The Morgan fingerprint density at radius 3 is 2.58 bits per heavy atom. The van der Waals surface area contributed by atoms with E-state index < -0.39 is 34.3 Å². The maximum Gasteiger partial charge on any atom is 0.417 e. The molecule has 2 aliphatic heterocycles. The molecule has 1 aliphatic carbocycles. The molecule has 2 saturated heterocycles. The quantitative estimate of drug-likeness (QED) is 0.668. The first kappa shape index (κ1) is 21.9. The molecule has 0 aromatic carbocycles. The molecular weight excluding hydrogens is 417 g/mol. The number of alkyl halides is 3. The van der Waals surface area contributed by atoms with E-state index >= 15 is 0 Å². The number of carbonyl (C=O) groups excluding carboxylic acids is 2. The molecule has 31 heavy (non-hydrogen) atoms. The molecule has 3 heterocycles. The van der Waals surface area contributed by atoms with Crippen LogP contribution in [0.4, 0.5) is 13.2 Å². The Hall–Kier alpha value is -2.36. The van der Waals surface area contributed by atoms with Gasteiger partial charge >= 0.3 is 12.1 Å². The molecule has 10 heteroatoms. The number of fused-ring (bicyclic) bond motifs is 2. The summed E-state index contributed by atoms with van der Waals surface area (Å²) < 4.78 is 54.7. The predicted molar refractivity (Wildman–Crippen MR) is 101 cm³/mol. The standard InChI is InChI=1S/C21H25F3N2O5/c1-18(2)19(3)6-7-20(18,31-17(19)28)16(27)26-8-9-29-14(11-26)12-30-15-5-4-13(10-25-15)21(22,23)24/h4-5,10,14H,6-9,11-12H2,1-3H3.